The van der Waals surface area contributed by atoms with Crippen molar-refractivity contribution in [3.8, 4) is 0 Å². The predicted molar refractivity (Wildman–Crippen MR) is 69.8 cm³/mol. The Bertz CT molecular complexity index is 592. The number of benzene rings is 1. The molecule has 1 aromatic heterocycles. The highest BCUT2D eigenvalue weighted by atomic mass is 16.1. The molecule has 0 amide bonds. The molecule has 2 heteroatoms. The number of rotatable bonds is 1. The van der Waals surface area contributed by atoms with Gasteiger partial charge in [-0.15, -0.1) is 0 Å². The molecule has 0 bridgehead atoms. The normalized spacial score (nSPS) is 19.1. The third-order valence-corrected chi connectivity index (χ3v) is 3.41. The van der Waals surface area contributed by atoms with Crippen LogP contribution in [-0.4, -0.2) is 10.8 Å². The third-order valence-electron chi connectivity index (χ3n) is 3.41. The van der Waals surface area contributed by atoms with E-state index in [1.807, 2.05) is 18.3 Å². The molecule has 0 aliphatic heterocycles. The van der Waals surface area contributed by atoms with Gasteiger partial charge < -0.3 is 4.98 Å². The number of fused-ring (bicyclic) bond motifs is 1. The van der Waals surface area contributed by atoms with Gasteiger partial charge in [-0.25, -0.2) is 0 Å². The Morgan fingerprint density at radius 2 is 1.94 bits per heavy atom. The Hall–Kier alpha value is -1.83. The van der Waals surface area contributed by atoms with Crippen molar-refractivity contribution in [3.05, 3.63) is 41.6 Å². The van der Waals surface area contributed by atoms with Crippen molar-refractivity contribution in [2.75, 3.05) is 0 Å². The molecule has 2 nitrogen and oxygen atoms in total. The van der Waals surface area contributed by atoms with Crippen LogP contribution >= 0.6 is 0 Å². The number of aromatic amines is 1. The standard InChI is InChI=1S/C15H15NO/c17-15-8-4-1-5-11(15)9-12-10-16-14-7-3-2-6-13(12)14/h2-3,6-7,9-10,16H,1,4-5,8H2/b11-9-. The van der Waals surface area contributed by atoms with Crippen molar-refractivity contribution in [1.82, 2.24) is 4.98 Å². The van der Waals surface area contributed by atoms with Crippen LogP contribution in [-0.2, 0) is 4.79 Å². The summed E-state index contributed by atoms with van der Waals surface area (Å²) in [5.41, 5.74) is 3.24. The number of aromatic nitrogens is 1. The molecular formula is C15H15NO. The van der Waals surface area contributed by atoms with Crippen molar-refractivity contribution < 1.29 is 4.79 Å². The van der Waals surface area contributed by atoms with E-state index in [0.29, 0.717) is 12.2 Å². The number of H-pyrrole nitrogens is 1. The van der Waals surface area contributed by atoms with Crippen LogP contribution in [0.15, 0.2) is 36.0 Å². The van der Waals surface area contributed by atoms with Crippen molar-refractivity contribution in [2.24, 2.45) is 0 Å². The van der Waals surface area contributed by atoms with Crippen molar-refractivity contribution in [3.63, 3.8) is 0 Å². The van der Waals surface area contributed by atoms with Crippen LogP contribution in [0.3, 0.4) is 0 Å². The molecule has 1 aliphatic rings. The molecule has 0 atom stereocenters. The molecule has 1 aromatic carbocycles. The van der Waals surface area contributed by atoms with Gasteiger partial charge in [0, 0.05) is 29.1 Å². The minimum atomic E-state index is 0.321. The first-order valence-corrected chi connectivity index (χ1v) is 6.14. The highest BCUT2D eigenvalue weighted by Crippen LogP contribution is 2.25. The zero-order valence-electron chi connectivity index (χ0n) is 9.70. The zero-order chi connectivity index (χ0) is 11.7. The summed E-state index contributed by atoms with van der Waals surface area (Å²) in [5.74, 6) is 0.321. The highest BCUT2D eigenvalue weighted by Gasteiger charge is 2.15. The van der Waals surface area contributed by atoms with Gasteiger partial charge in [-0.05, 0) is 37.0 Å². The van der Waals surface area contributed by atoms with E-state index < -0.39 is 0 Å². The molecule has 3 rings (SSSR count). The van der Waals surface area contributed by atoms with E-state index in [9.17, 15) is 4.79 Å². The number of para-hydroxylation sites is 1. The lowest BCUT2D eigenvalue weighted by atomic mass is 9.92. The molecule has 86 valence electrons. The van der Waals surface area contributed by atoms with E-state index in [1.54, 1.807) is 0 Å². The van der Waals surface area contributed by atoms with Crippen LogP contribution in [0.5, 0.6) is 0 Å². The maximum absolute atomic E-state index is 11.8. The Morgan fingerprint density at radius 1 is 1.12 bits per heavy atom. The van der Waals surface area contributed by atoms with E-state index in [4.69, 9.17) is 0 Å². The predicted octanol–water partition coefficient (Wildman–Crippen LogP) is 3.69. The second kappa shape index (κ2) is 4.21. The summed E-state index contributed by atoms with van der Waals surface area (Å²) in [7, 11) is 0. The maximum Gasteiger partial charge on any atom is 0.158 e. The summed E-state index contributed by atoms with van der Waals surface area (Å²) in [5, 5.41) is 1.19. The highest BCUT2D eigenvalue weighted by molar-refractivity contribution is 6.02. The summed E-state index contributed by atoms with van der Waals surface area (Å²) in [6.07, 6.45) is 7.87. The van der Waals surface area contributed by atoms with Crippen molar-refractivity contribution >= 4 is 22.8 Å². The van der Waals surface area contributed by atoms with Gasteiger partial charge in [-0.1, -0.05) is 18.2 Å². The summed E-state index contributed by atoms with van der Waals surface area (Å²) < 4.78 is 0. The Labute approximate surface area is 100 Å². The fraction of sp³-hybridized carbons (Fsp3) is 0.267. The average Bonchev–Trinajstić information content (AvgIpc) is 2.76. The Balaban J connectivity index is 2.04. The van der Waals surface area contributed by atoms with E-state index in [0.717, 1.165) is 35.9 Å². The maximum atomic E-state index is 11.8. The molecule has 17 heavy (non-hydrogen) atoms. The molecule has 1 fully saturated rings. The van der Waals surface area contributed by atoms with E-state index in [1.165, 1.54) is 5.39 Å². The summed E-state index contributed by atoms with van der Waals surface area (Å²) in [4.78, 5) is 15.0. The number of Topliss-reactive ketones (excluding diaryl/α,β-unsaturated/α-hetero) is 1. The van der Waals surface area contributed by atoms with Gasteiger partial charge >= 0.3 is 0 Å². The van der Waals surface area contributed by atoms with Crippen LogP contribution in [0.2, 0.25) is 0 Å². The first-order chi connectivity index (χ1) is 8.34. The molecule has 2 aromatic rings. The van der Waals surface area contributed by atoms with Crippen LogP contribution in [0, 0.1) is 0 Å². The average molecular weight is 225 g/mol. The van der Waals surface area contributed by atoms with Crippen molar-refractivity contribution in [2.45, 2.75) is 25.7 Å². The van der Waals surface area contributed by atoms with E-state index in [2.05, 4.69) is 23.2 Å². The lowest BCUT2D eigenvalue weighted by Gasteiger charge is -2.11. The van der Waals surface area contributed by atoms with Crippen LogP contribution in [0.25, 0.3) is 17.0 Å². The molecule has 1 aliphatic carbocycles. The summed E-state index contributed by atoms with van der Waals surface area (Å²) >= 11 is 0. The van der Waals surface area contributed by atoms with Gasteiger partial charge in [0.2, 0.25) is 0 Å². The number of ketones is 1. The molecule has 1 N–H and O–H groups in total. The lowest BCUT2D eigenvalue weighted by molar-refractivity contribution is -0.116. The summed E-state index contributed by atoms with van der Waals surface area (Å²) in [6.45, 7) is 0. The van der Waals surface area contributed by atoms with Crippen LogP contribution in [0.4, 0.5) is 0 Å². The monoisotopic (exact) mass is 225 g/mol. The summed E-state index contributed by atoms with van der Waals surface area (Å²) in [6, 6.07) is 8.19. The molecular weight excluding hydrogens is 210 g/mol. The van der Waals surface area contributed by atoms with Crippen LogP contribution in [0.1, 0.15) is 31.2 Å². The SMILES string of the molecule is O=C1CCCC/C1=C/c1c[nH]c2ccccc12. The molecule has 0 saturated heterocycles. The minimum absolute atomic E-state index is 0.321. The van der Waals surface area contributed by atoms with Gasteiger partial charge in [0.05, 0.1) is 0 Å². The van der Waals surface area contributed by atoms with Gasteiger partial charge in [0.1, 0.15) is 0 Å². The minimum Gasteiger partial charge on any atom is -0.361 e. The van der Waals surface area contributed by atoms with E-state index >= 15 is 0 Å². The first-order valence-electron chi connectivity index (χ1n) is 6.14. The third kappa shape index (κ3) is 1.91. The number of hydrogen-bond acceptors (Lipinski definition) is 1. The fourth-order valence-corrected chi connectivity index (χ4v) is 2.45. The number of carbonyl (C=O) groups excluding carboxylic acids is 1. The fourth-order valence-electron chi connectivity index (χ4n) is 2.45. The molecule has 0 radical (unpaired) electrons. The molecule has 0 spiro atoms. The number of nitrogens with one attached hydrogen (secondary N) is 1. The topological polar surface area (TPSA) is 32.9 Å². The number of hydrogen-bond donors (Lipinski definition) is 1. The van der Waals surface area contributed by atoms with Gasteiger partial charge in [-0.2, -0.15) is 0 Å². The molecule has 1 heterocycles. The van der Waals surface area contributed by atoms with Crippen LogP contribution < -0.4 is 0 Å². The zero-order valence-corrected chi connectivity index (χ0v) is 9.70. The first kappa shape index (κ1) is 10.3. The van der Waals surface area contributed by atoms with Gasteiger partial charge in [0.25, 0.3) is 0 Å². The largest absolute Gasteiger partial charge is 0.361 e. The lowest BCUT2D eigenvalue weighted by Crippen LogP contribution is -2.07. The smallest absolute Gasteiger partial charge is 0.158 e. The van der Waals surface area contributed by atoms with E-state index in [-0.39, 0.29) is 0 Å². The quantitative estimate of drug-likeness (QED) is 0.737. The second-order valence-corrected chi connectivity index (χ2v) is 4.59. The Kier molecular flexibility index (Phi) is 2.56. The molecule has 1 saturated carbocycles. The van der Waals surface area contributed by atoms with Gasteiger partial charge in [-0.3, -0.25) is 4.79 Å². The number of allylic oxidation sites excluding steroid dienone is 1. The van der Waals surface area contributed by atoms with Crippen molar-refractivity contribution in [1.29, 1.82) is 0 Å². The number of carbonyl (C=O) groups is 1. The second-order valence-electron chi connectivity index (χ2n) is 4.59. The Morgan fingerprint density at radius 3 is 2.82 bits per heavy atom. The molecule has 0 unspecified atom stereocenters. The van der Waals surface area contributed by atoms with Gasteiger partial charge in [0.15, 0.2) is 5.78 Å².